The molecule has 5 nitrogen and oxygen atoms in total. The minimum atomic E-state index is -0.00197. The Morgan fingerprint density at radius 3 is 2.67 bits per heavy atom. The lowest BCUT2D eigenvalue weighted by Gasteiger charge is -2.32. The molecule has 0 saturated carbocycles. The third-order valence-corrected chi connectivity index (χ3v) is 5.75. The van der Waals surface area contributed by atoms with Gasteiger partial charge in [-0.1, -0.05) is 24.3 Å². The van der Waals surface area contributed by atoms with Gasteiger partial charge in [0.25, 0.3) is 0 Å². The van der Waals surface area contributed by atoms with E-state index in [1.165, 1.54) is 0 Å². The summed E-state index contributed by atoms with van der Waals surface area (Å²) in [4.78, 5) is 15.0. The van der Waals surface area contributed by atoms with Crippen molar-refractivity contribution in [3.63, 3.8) is 0 Å². The van der Waals surface area contributed by atoms with Crippen LogP contribution >= 0.6 is 15.9 Å². The molecule has 27 heavy (non-hydrogen) atoms. The van der Waals surface area contributed by atoms with E-state index < -0.39 is 0 Å². The summed E-state index contributed by atoms with van der Waals surface area (Å²) in [5.41, 5.74) is 1.97. The number of piperidine rings is 1. The lowest BCUT2D eigenvalue weighted by Crippen LogP contribution is -2.40. The third kappa shape index (κ3) is 4.82. The Balaban J connectivity index is 1.66. The molecule has 2 aromatic rings. The zero-order chi connectivity index (χ0) is 19.2. The number of para-hydroxylation sites is 1. The van der Waals surface area contributed by atoms with Crippen LogP contribution in [0.4, 0.5) is 5.69 Å². The quantitative estimate of drug-likeness (QED) is 0.738. The smallest absolute Gasteiger partial charge is 0.228 e. The molecule has 0 aromatic heterocycles. The number of hydrogen-bond donors (Lipinski definition) is 1. The topological polar surface area (TPSA) is 50.8 Å². The fraction of sp³-hybridized carbons (Fsp3) is 0.381. The van der Waals surface area contributed by atoms with Gasteiger partial charge >= 0.3 is 0 Å². The maximum absolute atomic E-state index is 12.6. The first-order chi connectivity index (χ1) is 13.1. The SMILES string of the molecule is COc1ccc(CN2CCC[C@@H](C(=O)Nc3ccccc3)C2)c(Br)c1OC. The Morgan fingerprint density at radius 1 is 1.19 bits per heavy atom. The van der Waals surface area contributed by atoms with Crippen molar-refractivity contribution < 1.29 is 14.3 Å². The van der Waals surface area contributed by atoms with E-state index in [-0.39, 0.29) is 11.8 Å². The molecule has 1 amide bonds. The highest BCUT2D eigenvalue weighted by atomic mass is 79.9. The molecule has 1 fully saturated rings. The number of methoxy groups -OCH3 is 2. The van der Waals surface area contributed by atoms with Gasteiger partial charge in [0.15, 0.2) is 11.5 Å². The van der Waals surface area contributed by atoms with Gasteiger partial charge in [0.05, 0.1) is 24.6 Å². The molecule has 1 aliphatic heterocycles. The van der Waals surface area contributed by atoms with Gasteiger partial charge in [-0.3, -0.25) is 9.69 Å². The first kappa shape index (κ1) is 19.7. The first-order valence-electron chi connectivity index (χ1n) is 9.10. The molecular formula is C21H25BrN2O3. The summed E-state index contributed by atoms with van der Waals surface area (Å²) in [5, 5.41) is 3.03. The van der Waals surface area contributed by atoms with E-state index in [1.54, 1.807) is 14.2 Å². The van der Waals surface area contributed by atoms with E-state index in [1.807, 2.05) is 42.5 Å². The summed E-state index contributed by atoms with van der Waals surface area (Å²) in [6, 6.07) is 13.6. The van der Waals surface area contributed by atoms with Crippen LogP contribution in [0.25, 0.3) is 0 Å². The number of halogens is 1. The van der Waals surface area contributed by atoms with Crippen LogP contribution in [0, 0.1) is 5.92 Å². The van der Waals surface area contributed by atoms with Crippen LogP contribution in [-0.2, 0) is 11.3 Å². The number of benzene rings is 2. The summed E-state index contributed by atoms with van der Waals surface area (Å²) in [5.74, 6) is 1.49. The Labute approximate surface area is 168 Å². The molecule has 144 valence electrons. The highest BCUT2D eigenvalue weighted by molar-refractivity contribution is 9.10. The molecule has 0 unspecified atom stereocenters. The second-order valence-corrected chi connectivity index (χ2v) is 7.50. The number of nitrogens with zero attached hydrogens (tertiary/aromatic N) is 1. The van der Waals surface area contributed by atoms with Crippen LogP contribution in [0.15, 0.2) is 46.9 Å². The van der Waals surface area contributed by atoms with Gasteiger partial charge in [0, 0.05) is 18.8 Å². The van der Waals surface area contributed by atoms with Crippen molar-refractivity contribution in [3.8, 4) is 11.5 Å². The van der Waals surface area contributed by atoms with Gasteiger partial charge in [-0.2, -0.15) is 0 Å². The van der Waals surface area contributed by atoms with Crippen molar-refractivity contribution >= 4 is 27.5 Å². The fourth-order valence-corrected chi connectivity index (χ4v) is 4.09. The Hall–Kier alpha value is -2.05. The lowest BCUT2D eigenvalue weighted by molar-refractivity contribution is -0.121. The molecule has 1 N–H and O–H groups in total. The highest BCUT2D eigenvalue weighted by Crippen LogP contribution is 2.38. The number of carbonyl (C=O) groups excluding carboxylic acids is 1. The van der Waals surface area contributed by atoms with E-state index in [2.05, 4.69) is 26.1 Å². The summed E-state index contributed by atoms with van der Waals surface area (Å²) < 4.78 is 11.7. The molecule has 1 heterocycles. The van der Waals surface area contributed by atoms with Crippen LogP contribution in [-0.4, -0.2) is 38.1 Å². The van der Waals surface area contributed by atoms with Gasteiger partial charge in [0.2, 0.25) is 5.91 Å². The minimum Gasteiger partial charge on any atom is -0.493 e. The monoisotopic (exact) mass is 432 g/mol. The van der Waals surface area contributed by atoms with Crippen molar-refractivity contribution in [1.29, 1.82) is 0 Å². The highest BCUT2D eigenvalue weighted by Gasteiger charge is 2.26. The Bertz CT molecular complexity index is 782. The number of carbonyl (C=O) groups is 1. The molecule has 0 spiro atoms. The zero-order valence-electron chi connectivity index (χ0n) is 15.7. The van der Waals surface area contributed by atoms with Crippen LogP contribution < -0.4 is 14.8 Å². The minimum absolute atomic E-state index is 0.00197. The molecule has 0 aliphatic carbocycles. The zero-order valence-corrected chi connectivity index (χ0v) is 17.3. The van der Waals surface area contributed by atoms with E-state index in [0.717, 1.165) is 48.2 Å². The average Bonchev–Trinajstić information content (AvgIpc) is 2.70. The lowest BCUT2D eigenvalue weighted by atomic mass is 9.96. The number of nitrogens with one attached hydrogen (secondary N) is 1. The van der Waals surface area contributed by atoms with Crippen molar-refractivity contribution in [2.45, 2.75) is 19.4 Å². The molecule has 0 radical (unpaired) electrons. The molecule has 3 rings (SSSR count). The van der Waals surface area contributed by atoms with Crippen molar-refractivity contribution in [3.05, 3.63) is 52.5 Å². The van der Waals surface area contributed by atoms with Gasteiger partial charge in [0.1, 0.15) is 0 Å². The second-order valence-electron chi connectivity index (χ2n) is 6.70. The van der Waals surface area contributed by atoms with Gasteiger partial charge in [-0.15, -0.1) is 0 Å². The van der Waals surface area contributed by atoms with Gasteiger partial charge < -0.3 is 14.8 Å². The van der Waals surface area contributed by atoms with Crippen LogP contribution in [0.5, 0.6) is 11.5 Å². The van der Waals surface area contributed by atoms with E-state index in [9.17, 15) is 4.79 Å². The summed E-state index contributed by atoms with van der Waals surface area (Å²) >= 11 is 3.64. The molecule has 1 aliphatic rings. The summed E-state index contributed by atoms with van der Waals surface area (Å²) in [6.45, 7) is 2.49. The first-order valence-corrected chi connectivity index (χ1v) is 9.89. The Morgan fingerprint density at radius 2 is 1.96 bits per heavy atom. The number of rotatable bonds is 6. The standard InChI is InChI=1S/C21H25BrN2O3/c1-26-18-11-10-15(19(22)20(18)27-2)13-24-12-6-7-16(14-24)21(25)23-17-8-4-3-5-9-17/h3-5,8-11,16H,6-7,12-14H2,1-2H3,(H,23,25)/t16-/m1/s1. The molecule has 0 bridgehead atoms. The molecule has 1 saturated heterocycles. The molecule has 6 heteroatoms. The Kier molecular flexibility index (Phi) is 6.74. The number of likely N-dealkylation sites (tertiary alicyclic amines) is 1. The predicted octanol–water partition coefficient (Wildman–Crippen LogP) is 4.32. The van der Waals surface area contributed by atoms with Crippen LogP contribution in [0.2, 0.25) is 0 Å². The third-order valence-electron chi connectivity index (χ3n) is 4.88. The molecule has 1 atom stereocenters. The maximum atomic E-state index is 12.6. The van der Waals surface area contributed by atoms with Crippen molar-refractivity contribution in [2.24, 2.45) is 5.92 Å². The number of amides is 1. The van der Waals surface area contributed by atoms with E-state index >= 15 is 0 Å². The number of ether oxygens (including phenoxy) is 2. The molecular weight excluding hydrogens is 408 g/mol. The van der Waals surface area contributed by atoms with Crippen LogP contribution in [0.3, 0.4) is 0 Å². The summed E-state index contributed by atoms with van der Waals surface area (Å²) in [6.07, 6.45) is 1.93. The summed E-state index contributed by atoms with van der Waals surface area (Å²) in [7, 11) is 3.27. The van der Waals surface area contributed by atoms with E-state index in [0.29, 0.717) is 11.5 Å². The van der Waals surface area contributed by atoms with Crippen molar-refractivity contribution in [2.75, 3.05) is 32.6 Å². The normalized spacial score (nSPS) is 17.4. The maximum Gasteiger partial charge on any atom is 0.228 e. The van der Waals surface area contributed by atoms with E-state index in [4.69, 9.17) is 9.47 Å². The van der Waals surface area contributed by atoms with Crippen molar-refractivity contribution in [1.82, 2.24) is 4.90 Å². The largest absolute Gasteiger partial charge is 0.493 e. The van der Waals surface area contributed by atoms with Crippen LogP contribution in [0.1, 0.15) is 18.4 Å². The number of hydrogen-bond acceptors (Lipinski definition) is 4. The van der Waals surface area contributed by atoms with Gasteiger partial charge in [-0.05, 0) is 59.1 Å². The molecule has 2 aromatic carbocycles. The van der Waals surface area contributed by atoms with Gasteiger partial charge in [-0.25, -0.2) is 0 Å². The second kappa shape index (κ2) is 9.24. The fourth-order valence-electron chi connectivity index (χ4n) is 3.47. The average molecular weight is 433 g/mol. The number of anilines is 1. The predicted molar refractivity (Wildman–Crippen MR) is 110 cm³/mol.